The Bertz CT molecular complexity index is 1920. The van der Waals surface area contributed by atoms with Gasteiger partial charge in [-0.2, -0.15) is 0 Å². The van der Waals surface area contributed by atoms with Crippen LogP contribution < -0.4 is 0 Å². The van der Waals surface area contributed by atoms with Crippen LogP contribution in [0, 0.1) is 17.8 Å². The molecule has 0 aliphatic carbocycles. The van der Waals surface area contributed by atoms with E-state index in [0.717, 1.165) is 108 Å². The molecule has 19 heteroatoms. The summed E-state index contributed by atoms with van der Waals surface area (Å²) in [5.74, 6) is 0.111. The van der Waals surface area contributed by atoms with Gasteiger partial charge >= 0.3 is 39.5 Å². The fourth-order valence-electron chi connectivity index (χ4n) is 12.3. The van der Waals surface area contributed by atoms with Crippen molar-refractivity contribution in [2.45, 2.75) is 433 Å². The molecule has 5 atom stereocenters. The molecule has 0 aliphatic heterocycles. The molecule has 0 bridgehead atoms. The van der Waals surface area contributed by atoms with Crippen LogP contribution in [-0.2, 0) is 65.4 Å². The lowest BCUT2D eigenvalue weighted by Gasteiger charge is -2.21. The van der Waals surface area contributed by atoms with Crippen LogP contribution in [-0.4, -0.2) is 96.7 Å². The summed E-state index contributed by atoms with van der Waals surface area (Å²) in [5, 5.41) is 10.6. The topological polar surface area (TPSA) is 237 Å². The van der Waals surface area contributed by atoms with Crippen LogP contribution in [0.1, 0.15) is 414 Å². The van der Waals surface area contributed by atoms with Crippen molar-refractivity contribution in [3.63, 3.8) is 0 Å². The summed E-state index contributed by atoms with van der Waals surface area (Å²) in [6.45, 7) is 11.9. The van der Waals surface area contributed by atoms with E-state index in [4.69, 9.17) is 37.0 Å². The van der Waals surface area contributed by atoms with Crippen molar-refractivity contribution in [1.29, 1.82) is 0 Å². The predicted molar refractivity (Wildman–Crippen MR) is 405 cm³/mol. The summed E-state index contributed by atoms with van der Waals surface area (Å²) in [4.78, 5) is 72.9. The normalized spacial score (nSPS) is 14.0. The Balaban J connectivity index is 5.21. The van der Waals surface area contributed by atoms with Crippen LogP contribution in [0.15, 0.2) is 0 Å². The van der Waals surface area contributed by atoms with Gasteiger partial charge in [-0.15, -0.1) is 0 Å². The fraction of sp³-hybridized carbons (Fsp3) is 0.950. The summed E-state index contributed by atoms with van der Waals surface area (Å²) in [6, 6.07) is 0. The molecule has 0 rings (SSSR count). The number of hydrogen-bond donors (Lipinski definition) is 3. The SMILES string of the molecule is CCCCCCCCCCCCCCCCCCCCCCCC(=O)O[C@H](COC(=O)CCCCCCCCCCCCCCC(C)C)COP(=O)(O)OC[C@@H](O)COP(=O)(O)OC[C@@H](COC(=O)CCCCCCCCC(C)C)OC(=O)CCCCCCCCCCCCCC(C)C. The number of phosphoric acid groups is 2. The molecule has 0 spiro atoms. The van der Waals surface area contributed by atoms with Crippen molar-refractivity contribution >= 4 is 39.5 Å². The quantitative estimate of drug-likeness (QED) is 0.0222. The molecule has 99 heavy (non-hydrogen) atoms. The lowest BCUT2D eigenvalue weighted by atomic mass is 10.0. The van der Waals surface area contributed by atoms with Gasteiger partial charge in [-0.05, 0) is 43.4 Å². The third-order valence-corrected chi connectivity index (χ3v) is 20.5. The maximum atomic E-state index is 13.1. The number of carbonyl (C=O) groups is 4. The molecule has 0 aliphatic rings. The van der Waals surface area contributed by atoms with E-state index in [2.05, 4.69) is 48.5 Å². The monoisotopic (exact) mass is 1450 g/mol. The van der Waals surface area contributed by atoms with Crippen molar-refractivity contribution in [3.05, 3.63) is 0 Å². The third-order valence-electron chi connectivity index (χ3n) is 18.6. The van der Waals surface area contributed by atoms with E-state index in [1.165, 1.54) is 218 Å². The van der Waals surface area contributed by atoms with Crippen molar-refractivity contribution in [2.24, 2.45) is 17.8 Å². The molecule has 0 saturated heterocycles. The first-order valence-corrected chi connectivity index (χ1v) is 44.3. The molecule has 0 aromatic carbocycles. The number of phosphoric ester groups is 2. The van der Waals surface area contributed by atoms with Crippen molar-refractivity contribution in [2.75, 3.05) is 39.6 Å². The highest BCUT2D eigenvalue weighted by Gasteiger charge is 2.30. The number of carbonyl (C=O) groups excluding carboxylic acids is 4. The number of hydrogen-bond acceptors (Lipinski definition) is 15. The maximum absolute atomic E-state index is 13.1. The largest absolute Gasteiger partial charge is 0.472 e. The minimum Gasteiger partial charge on any atom is -0.462 e. The van der Waals surface area contributed by atoms with Gasteiger partial charge in [0.15, 0.2) is 12.2 Å². The highest BCUT2D eigenvalue weighted by atomic mass is 31.2. The lowest BCUT2D eigenvalue weighted by molar-refractivity contribution is -0.161. The van der Waals surface area contributed by atoms with Crippen LogP contribution >= 0.6 is 15.6 Å². The molecule has 17 nitrogen and oxygen atoms in total. The average Bonchev–Trinajstić information content (AvgIpc) is 0.949. The molecule has 3 N–H and O–H groups in total. The highest BCUT2D eigenvalue weighted by Crippen LogP contribution is 2.45. The molecule has 0 fully saturated rings. The zero-order valence-electron chi connectivity index (χ0n) is 65.0. The Morgan fingerprint density at radius 2 is 0.465 bits per heavy atom. The second-order valence-corrected chi connectivity index (χ2v) is 33.1. The summed E-state index contributed by atoms with van der Waals surface area (Å²) < 4.78 is 68.6. The van der Waals surface area contributed by atoms with Crippen LogP contribution in [0.25, 0.3) is 0 Å². The van der Waals surface area contributed by atoms with Crippen molar-refractivity contribution in [1.82, 2.24) is 0 Å². The zero-order valence-corrected chi connectivity index (χ0v) is 66.8. The van der Waals surface area contributed by atoms with E-state index in [1.54, 1.807) is 0 Å². The van der Waals surface area contributed by atoms with Crippen LogP contribution in [0.4, 0.5) is 0 Å². The summed E-state index contributed by atoms with van der Waals surface area (Å²) in [6.07, 6.45) is 58.5. The standard InChI is InChI=1S/C80H156O17P2/c1-8-9-10-11-12-13-14-15-16-17-18-19-20-21-22-23-30-35-40-49-56-63-79(84)96-75(67-90-77(82)61-54-47-39-34-29-25-24-27-32-37-44-51-58-71(2)3)69-94-98(86,87)92-65-74(81)66-93-99(88,89)95-70-76(68-91-78(83)62-55-48-43-42-46-53-60-73(6)7)97-80(85)64-57-50-41-36-31-26-28-33-38-45-52-59-72(4)5/h71-76,81H,8-70H2,1-7H3,(H,86,87)(H,88,89)/t74-,75-,76-/m1/s1. The van der Waals surface area contributed by atoms with E-state index >= 15 is 0 Å². The molecule has 0 radical (unpaired) electrons. The predicted octanol–water partition coefficient (Wildman–Crippen LogP) is 23.7. The first-order chi connectivity index (χ1) is 47.7. The Labute approximate surface area is 607 Å². The van der Waals surface area contributed by atoms with Crippen molar-refractivity contribution < 1.29 is 80.2 Å². The summed E-state index contributed by atoms with van der Waals surface area (Å²) in [5.41, 5.74) is 0. The van der Waals surface area contributed by atoms with Gasteiger partial charge in [-0.25, -0.2) is 9.13 Å². The fourth-order valence-corrected chi connectivity index (χ4v) is 13.9. The smallest absolute Gasteiger partial charge is 0.462 e. The molecular formula is C80H156O17P2. The van der Waals surface area contributed by atoms with Gasteiger partial charge in [-0.3, -0.25) is 37.3 Å². The van der Waals surface area contributed by atoms with Crippen LogP contribution in [0.3, 0.4) is 0 Å². The highest BCUT2D eigenvalue weighted by molar-refractivity contribution is 7.47. The van der Waals surface area contributed by atoms with Crippen molar-refractivity contribution in [3.8, 4) is 0 Å². The van der Waals surface area contributed by atoms with Crippen LogP contribution in [0.5, 0.6) is 0 Å². The molecule has 2 unspecified atom stereocenters. The van der Waals surface area contributed by atoms with E-state index in [9.17, 15) is 43.2 Å². The summed E-state index contributed by atoms with van der Waals surface area (Å²) in [7, 11) is -9.92. The Morgan fingerprint density at radius 3 is 0.687 bits per heavy atom. The second-order valence-electron chi connectivity index (χ2n) is 30.2. The number of esters is 4. The molecule has 0 amide bonds. The Hall–Kier alpha value is -1.94. The van der Waals surface area contributed by atoms with E-state index in [0.29, 0.717) is 31.6 Å². The molecule has 0 aromatic heterocycles. The number of ether oxygens (including phenoxy) is 4. The van der Waals surface area contributed by atoms with E-state index in [1.807, 2.05) is 0 Å². The van der Waals surface area contributed by atoms with Gasteiger partial charge in [0.05, 0.1) is 26.4 Å². The molecular weight excluding hydrogens is 1290 g/mol. The minimum absolute atomic E-state index is 0.105. The molecule has 0 saturated carbocycles. The molecule has 0 aromatic rings. The van der Waals surface area contributed by atoms with Gasteiger partial charge in [-0.1, -0.05) is 363 Å². The van der Waals surface area contributed by atoms with Crippen LogP contribution in [0.2, 0.25) is 0 Å². The molecule has 588 valence electrons. The summed E-state index contributed by atoms with van der Waals surface area (Å²) >= 11 is 0. The Kier molecular flexibility index (Phi) is 69.0. The molecule has 0 heterocycles. The van der Waals surface area contributed by atoms with Gasteiger partial charge < -0.3 is 33.8 Å². The lowest BCUT2D eigenvalue weighted by Crippen LogP contribution is -2.30. The Morgan fingerprint density at radius 1 is 0.273 bits per heavy atom. The van der Waals surface area contributed by atoms with Gasteiger partial charge in [0, 0.05) is 25.7 Å². The third kappa shape index (κ3) is 74.1. The number of aliphatic hydroxyl groups excluding tert-OH is 1. The first-order valence-electron chi connectivity index (χ1n) is 41.3. The average molecular weight is 1450 g/mol. The minimum atomic E-state index is -4.96. The number of unbranched alkanes of at least 4 members (excludes halogenated alkanes) is 46. The van der Waals surface area contributed by atoms with Gasteiger partial charge in [0.1, 0.15) is 19.3 Å². The van der Waals surface area contributed by atoms with E-state index < -0.39 is 97.5 Å². The van der Waals surface area contributed by atoms with E-state index in [-0.39, 0.29) is 25.7 Å². The van der Waals surface area contributed by atoms with Gasteiger partial charge in [0.25, 0.3) is 0 Å². The number of rotatable bonds is 78. The second kappa shape index (κ2) is 70.4. The maximum Gasteiger partial charge on any atom is 0.472 e. The number of aliphatic hydroxyl groups is 1. The zero-order chi connectivity index (χ0) is 73.0. The first kappa shape index (κ1) is 97.1. The van der Waals surface area contributed by atoms with Gasteiger partial charge in [0.2, 0.25) is 0 Å².